The number of nitrogens with zero attached hydrogens (tertiary/aromatic N) is 1. The monoisotopic (exact) mass is 375 g/mol. The molecule has 0 saturated heterocycles. The zero-order valence-electron chi connectivity index (χ0n) is 11.1. The summed E-state index contributed by atoms with van der Waals surface area (Å²) in [5.41, 5.74) is 0. The van der Waals surface area contributed by atoms with Crippen LogP contribution in [-0.4, -0.2) is 19.6 Å². The summed E-state index contributed by atoms with van der Waals surface area (Å²) in [4.78, 5) is 4.54. The number of aromatic nitrogens is 1. The SMILES string of the molecule is Clc1ccnc([As](c2ccccc2)c2ccccc2)c1Cl. The Hall–Kier alpha value is -1.27. The van der Waals surface area contributed by atoms with Gasteiger partial charge in [-0.2, -0.15) is 0 Å². The molecule has 4 heteroatoms. The molecule has 3 rings (SSSR count). The normalized spacial score (nSPS) is 10.8. The molecule has 0 amide bonds. The van der Waals surface area contributed by atoms with Crippen LogP contribution in [0.2, 0.25) is 10.0 Å². The van der Waals surface area contributed by atoms with Crippen molar-refractivity contribution in [2.75, 3.05) is 0 Å². The van der Waals surface area contributed by atoms with Crippen molar-refractivity contribution in [3.63, 3.8) is 0 Å². The van der Waals surface area contributed by atoms with E-state index in [1.807, 2.05) is 12.1 Å². The van der Waals surface area contributed by atoms with Gasteiger partial charge in [0.1, 0.15) is 0 Å². The van der Waals surface area contributed by atoms with Gasteiger partial charge in [-0.25, -0.2) is 0 Å². The molecule has 0 aliphatic carbocycles. The Morgan fingerprint density at radius 2 is 1.24 bits per heavy atom. The second-order valence-corrected chi connectivity index (χ2v) is 9.69. The minimum atomic E-state index is -1.79. The quantitative estimate of drug-likeness (QED) is 0.641. The Bertz CT molecular complexity index is 693. The molecule has 0 radical (unpaired) electrons. The van der Waals surface area contributed by atoms with Crippen molar-refractivity contribution in [3.05, 3.63) is 83.0 Å². The fourth-order valence-electron chi connectivity index (χ4n) is 2.11. The van der Waals surface area contributed by atoms with E-state index >= 15 is 0 Å². The summed E-state index contributed by atoms with van der Waals surface area (Å²) >= 11 is 10.8. The molecule has 0 unspecified atom stereocenters. The molecule has 104 valence electrons. The second-order valence-electron chi connectivity index (χ2n) is 4.44. The molecule has 1 nitrogen and oxygen atoms in total. The van der Waals surface area contributed by atoms with Gasteiger partial charge in [-0.05, 0) is 0 Å². The van der Waals surface area contributed by atoms with Crippen LogP contribution in [0.3, 0.4) is 0 Å². The van der Waals surface area contributed by atoms with Crippen molar-refractivity contribution >= 4 is 51.0 Å². The van der Waals surface area contributed by atoms with Crippen LogP contribution in [0.1, 0.15) is 0 Å². The Morgan fingerprint density at radius 3 is 1.76 bits per heavy atom. The second kappa shape index (κ2) is 6.66. The van der Waals surface area contributed by atoms with Gasteiger partial charge in [0.2, 0.25) is 0 Å². The first-order valence-corrected chi connectivity index (χ1v) is 10.0. The molecule has 0 N–H and O–H groups in total. The third-order valence-corrected chi connectivity index (χ3v) is 9.16. The number of benzene rings is 2. The van der Waals surface area contributed by atoms with Crippen molar-refractivity contribution < 1.29 is 0 Å². The van der Waals surface area contributed by atoms with Gasteiger partial charge in [-0.3, -0.25) is 0 Å². The summed E-state index contributed by atoms with van der Waals surface area (Å²) in [6.07, 6.45) is 1.73. The zero-order valence-corrected chi connectivity index (χ0v) is 14.5. The van der Waals surface area contributed by atoms with Crippen LogP contribution in [-0.2, 0) is 0 Å². The predicted molar refractivity (Wildman–Crippen MR) is 91.8 cm³/mol. The van der Waals surface area contributed by atoms with Gasteiger partial charge in [-0.1, -0.05) is 0 Å². The first kappa shape index (κ1) is 14.7. The fourth-order valence-corrected chi connectivity index (χ4v) is 7.63. The van der Waals surface area contributed by atoms with Crippen molar-refractivity contribution in [3.8, 4) is 0 Å². The maximum atomic E-state index is 6.43. The Kier molecular flexibility index (Phi) is 4.65. The Labute approximate surface area is 138 Å². The zero-order chi connectivity index (χ0) is 14.7. The van der Waals surface area contributed by atoms with Gasteiger partial charge < -0.3 is 0 Å². The predicted octanol–water partition coefficient (Wildman–Crippen LogP) is 2.90. The third kappa shape index (κ3) is 3.16. The third-order valence-electron chi connectivity index (χ3n) is 3.06. The summed E-state index contributed by atoms with van der Waals surface area (Å²) in [5.74, 6) is 0. The van der Waals surface area contributed by atoms with Crippen molar-refractivity contribution in [2.24, 2.45) is 0 Å². The molecule has 1 aromatic heterocycles. The Balaban J connectivity index is 2.20. The molecule has 0 atom stereocenters. The molecule has 1 heterocycles. The van der Waals surface area contributed by atoms with Crippen LogP contribution in [0.25, 0.3) is 0 Å². The van der Waals surface area contributed by atoms with Gasteiger partial charge >= 0.3 is 139 Å². The van der Waals surface area contributed by atoms with E-state index in [9.17, 15) is 0 Å². The first-order valence-electron chi connectivity index (χ1n) is 6.47. The Morgan fingerprint density at radius 1 is 0.714 bits per heavy atom. The molecule has 21 heavy (non-hydrogen) atoms. The van der Waals surface area contributed by atoms with Crippen LogP contribution < -0.4 is 13.2 Å². The molecule has 0 aliphatic heterocycles. The molecular weight excluding hydrogens is 364 g/mol. The molecule has 0 bridgehead atoms. The van der Waals surface area contributed by atoms with Gasteiger partial charge in [0.05, 0.1) is 0 Å². The van der Waals surface area contributed by atoms with E-state index < -0.39 is 14.7 Å². The van der Waals surface area contributed by atoms with E-state index in [-0.39, 0.29) is 0 Å². The number of pyridine rings is 1. The van der Waals surface area contributed by atoms with Crippen molar-refractivity contribution in [2.45, 2.75) is 0 Å². The van der Waals surface area contributed by atoms with Gasteiger partial charge in [0.25, 0.3) is 0 Å². The molecular formula is C17H12AsCl2N. The number of hydrogen-bond acceptors (Lipinski definition) is 1. The fraction of sp³-hybridized carbons (Fsp3) is 0. The van der Waals surface area contributed by atoms with Crippen LogP contribution in [0.4, 0.5) is 0 Å². The van der Waals surface area contributed by atoms with Crippen molar-refractivity contribution in [1.82, 2.24) is 4.98 Å². The number of hydrogen-bond donors (Lipinski definition) is 0. The van der Waals surface area contributed by atoms with Crippen LogP contribution in [0.5, 0.6) is 0 Å². The van der Waals surface area contributed by atoms with E-state index in [0.717, 1.165) is 4.48 Å². The summed E-state index contributed by atoms with van der Waals surface area (Å²) in [7, 11) is 0. The average molecular weight is 376 g/mol. The molecule has 3 aromatic rings. The van der Waals surface area contributed by atoms with E-state index in [4.69, 9.17) is 23.2 Å². The van der Waals surface area contributed by atoms with Crippen LogP contribution in [0.15, 0.2) is 72.9 Å². The van der Waals surface area contributed by atoms with E-state index in [1.54, 1.807) is 12.3 Å². The number of rotatable bonds is 3. The summed E-state index contributed by atoms with van der Waals surface area (Å²) in [6.45, 7) is 0. The topological polar surface area (TPSA) is 12.9 Å². The summed E-state index contributed by atoms with van der Waals surface area (Å²) in [6, 6.07) is 22.6. The van der Waals surface area contributed by atoms with E-state index in [2.05, 4.69) is 53.5 Å². The summed E-state index contributed by atoms with van der Waals surface area (Å²) in [5, 5.41) is 1.14. The molecule has 0 fully saturated rings. The maximum absolute atomic E-state index is 6.43. The van der Waals surface area contributed by atoms with E-state index in [1.165, 1.54) is 8.70 Å². The van der Waals surface area contributed by atoms with Crippen LogP contribution in [0, 0.1) is 0 Å². The van der Waals surface area contributed by atoms with Crippen molar-refractivity contribution in [1.29, 1.82) is 0 Å². The van der Waals surface area contributed by atoms with E-state index in [0.29, 0.717) is 10.0 Å². The first-order chi connectivity index (χ1) is 10.3. The summed E-state index contributed by atoms with van der Waals surface area (Å²) < 4.78 is 3.50. The molecule has 0 spiro atoms. The van der Waals surface area contributed by atoms with Gasteiger partial charge in [-0.15, -0.1) is 0 Å². The standard InChI is InChI=1S/C17H12AsCl2N/c19-15-11-12-21-17(16(15)20)18(13-7-3-1-4-8-13)14-9-5-2-6-10-14/h1-12H. The average Bonchev–Trinajstić information content (AvgIpc) is 2.54. The van der Waals surface area contributed by atoms with Crippen LogP contribution >= 0.6 is 23.2 Å². The van der Waals surface area contributed by atoms with Gasteiger partial charge in [0.15, 0.2) is 0 Å². The minimum absolute atomic E-state index is 0.563. The molecule has 0 aliphatic rings. The van der Waals surface area contributed by atoms with Gasteiger partial charge in [0, 0.05) is 0 Å². The molecule has 0 saturated carbocycles. The molecule has 2 aromatic carbocycles. The number of halogens is 2.